The molecule has 4 aromatic rings. The number of benzene rings is 3. The van der Waals surface area contributed by atoms with E-state index in [9.17, 15) is 0 Å². The third kappa shape index (κ3) is 10.4. The Bertz CT molecular complexity index is 1290. The van der Waals surface area contributed by atoms with Crippen molar-refractivity contribution in [1.29, 1.82) is 0 Å². The van der Waals surface area contributed by atoms with Crippen molar-refractivity contribution >= 4 is 35.7 Å². The molecule has 7 nitrogen and oxygen atoms in total. The zero-order valence-corrected chi connectivity index (χ0v) is 23.0. The van der Waals surface area contributed by atoms with E-state index < -0.39 is 10.2 Å². The number of hydrogen-bond acceptors (Lipinski definition) is 6. The molecule has 202 valence electrons. The molecule has 0 N–H and O–H groups in total. The summed E-state index contributed by atoms with van der Waals surface area (Å²) in [5, 5.41) is 0. The third-order valence-corrected chi connectivity index (χ3v) is 5.64. The summed E-state index contributed by atoms with van der Waals surface area (Å²) in [6, 6.07) is 31.5. The van der Waals surface area contributed by atoms with E-state index in [4.69, 9.17) is 23.1 Å². The number of rotatable bonds is 7. The van der Waals surface area contributed by atoms with Crippen LogP contribution in [0.3, 0.4) is 0 Å². The largest absolute Gasteiger partial charge is 0.378 e. The summed E-state index contributed by atoms with van der Waals surface area (Å²) in [4.78, 5) is 4.19. The van der Waals surface area contributed by atoms with Gasteiger partial charge in [-0.3, -0.25) is 0 Å². The van der Waals surface area contributed by atoms with Crippen LogP contribution in [0.1, 0.15) is 22.6 Å². The smallest absolute Gasteiger partial charge is 0.354 e. The van der Waals surface area contributed by atoms with Gasteiger partial charge in [-0.2, -0.15) is 0 Å². The molecule has 8 heteroatoms. The Morgan fingerprint density at radius 2 is 0.923 bits per heavy atom. The number of nitrogens with zero attached hydrogens (tertiary/aromatic N) is 2. The lowest BCUT2D eigenvalue weighted by molar-refractivity contribution is -2.00. The van der Waals surface area contributed by atoms with E-state index in [0.717, 1.165) is 33.8 Å². The van der Waals surface area contributed by atoms with Gasteiger partial charge in [0.25, 0.3) is 0 Å². The van der Waals surface area contributed by atoms with E-state index in [1.54, 1.807) is 0 Å². The van der Waals surface area contributed by atoms with Gasteiger partial charge in [0, 0.05) is 57.3 Å². The second kappa shape index (κ2) is 13.7. The van der Waals surface area contributed by atoms with Gasteiger partial charge in [-0.05, 0) is 53.1 Å². The van der Waals surface area contributed by atoms with Crippen LogP contribution < -0.4 is 28.4 Å². The molecule has 0 saturated carbocycles. The van der Waals surface area contributed by atoms with Crippen molar-refractivity contribution in [3.05, 3.63) is 114 Å². The van der Waals surface area contributed by atoms with E-state index in [0.29, 0.717) is 0 Å². The summed E-state index contributed by atoms with van der Waals surface area (Å²) in [6.45, 7) is 0. The van der Waals surface area contributed by atoms with Crippen LogP contribution in [0, 0.1) is 10.2 Å². The van der Waals surface area contributed by atoms with Crippen molar-refractivity contribution in [2.24, 2.45) is 0 Å². The maximum atomic E-state index is 8.49. The quantitative estimate of drug-likeness (QED) is 0.328. The molecule has 1 aromatic heterocycles. The zero-order valence-electron chi connectivity index (χ0n) is 22.3. The number of halogens is 1. The lowest BCUT2D eigenvalue weighted by Gasteiger charge is -2.17. The van der Waals surface area contributed by atoms with Crippen LogP contribution in [0.5, 0.6) is 0 Å². The molecule has 0 unspecified atom stereocenters. The molecular formula is C31H31ClN2O5. The Morgan fingerprint density at radius 1 is 0.538 bits per heavy atom. The highest BCUT2D eigenvalue weighted by molar-refractivity contribution is 5.75. The summed E-state index contributed by atoms with van der Waals surface area (Å²) in [5.41, 5.74) is 6.90. The first kappa shape index (κ1) is 29.6. The summed E-state index contributed by atoms with van der Waals surface area (Å²) in [7, 11) is 3.24. The minimum Gasteiger partial charge on any atom is -0.378 e. The van der Waals surface area contributed by atoms with Crippen molar-refractivity contribution in [3.8, 4) is 11.1 Å². The molecule has 0 amide bonds. The minimum atomic E-state index is -4.94. The second-order valence-electron chi connectivity index (χ2n) is 9.03. The normalized spacial score (nSPS) is 11.4. The van der Waals surface area contributed by atoms with Crippen LogP contribution in [0.2, 0.25) is 0 Å². The number of anilines is 2. The van der Waals surface area contributed by atoms with Gasteiger partial charge < -0.3 is 9.80 Å². The van der Waals surface area contributed by atoms with Crippen molar-refractivity contribution < 1.29 is 33.3 Å². The van der Waals surface area contributed by atoms with Crippen molar-refractivity contribution in [2.45, 2.75) is 0 Å². The Hall–Kier alpha value is -3.98. The number of hydrogen-bond donors (Lipinski definition) is 0. The van der Waals surface area contributed by atoms with Gasteiger partial charge >= 0.3 is 11.5 Å². The Morgan fingerprint density at radius 3 is 1.28 bits per heavy atom. The van der Waals surface area contributed by atoms with Gasteiger partial charge in [0.1, 0.15) is 0 Å². The van der Waals surface area contributed by atoms with Gasteiger partial charge in [-0.25, -0.2) is 23.1 Å². The maximum Gasteiger partial charge on any atom is 0.354 e. The van der Waals surface area contributed by atoms with Crippen LogP contribution in [-0.4, -0.2) is 28.2 Å². The lowest BCUT2D eigenvalue weighted by atomic mass is 10.0. The summed E-state index contributed by atoms with van der Waals surface area (Å²) in [6.07, 6.45) is 8.22. The Balaban J connectivity index is 0.000000771. The Labute approximate surface area is 231 Å². The average Bonchev–Trinajstić information content (AvgIpc) is 2.90. The minimum absolute atomic E-state index is 0.806. The van der Waals surface area contributed by atoms with Gasteiger partial charge in [-0.15, -0.1) is 10.2 Å². The predicted molar refractivity (Wildman–Crippen MR) is 148 cm³/mol. The Kier molecular flexibility index (Phi) is 10.4. The SMILES string of the molecule is CN(C)c1ccc(/C=C/c2cc(-c3ccccc3)cc(/C=C/c3ccc(N(C)C)cc3)[o+]2)cc1.[O-][Cl+3]([O-])([O-])[O-]. The van der Waals surface area contributed by atoms with Gasteiger partial charge in [0.05, 0.1) is 12.1 Å². The topological polar surface area (TPSA) is 110 Å². The fraction of sp³-hybridized carbons (Fsp3) is 0.129. The summed E-state index contributed by atoms with van der Waals surface area (Å²) < 4.78 is 40.2. The first-order valence-corrected chi connectivity index (χ1v) is 13.3. The van der Waals surface area contributed by atoms with Gasteiger partial charge in [0.2, 0.25) is 0 Å². The molecule has 0 saturated heterocycles. The molecule has 0 aliphatic carbocycles. The van der Waals surface area contributed by atoms with E-state index in [2.05, 4.69) is 107 Å². The monoisotopic (exact) mass is 546 g/mol. The van der Waals surface area contributed by atoms with Crippen molar-refractivity contribution in [2.75, 3.05) is 38.0 Å². The highest BCUT2D eigenvalue weighted by Gasteiger charge is 2.13. The van der Waals surface area contributed by atoms with E-state index >= 15 is 0 Å². The summed E-state index contributed by atoms with van der Waals surface area (Å²) >= 11 is 0. The van der Waals surface area contributed by atoms with Crippen LogP contribution in [0.4, 0.5) is 11.4 Å². The molecule has 0 fully saturated rings. The van der Waals surface area contributed by atoms with Crippen LogP contribution in [0.25, 0.3) is 35.4 Å². The van der Waals surface area contributed by atoms with Crippen LogP contribution in [-0.2, 0) is 0 Å². The molecule has 39 heavy (non-hydrogen) atoms. The van der Waals surface area contributed by atoms with Gasteiger partial charge in [-0.1, -0.05) is 54.6 Å². The van der Waals surface area contributed by atoms with Crippen LogP contribution in [0.15, 0.2) is 95.4 Å². The van der Waals surface area contributed by atoms with Crippen LogP contribution >= 0.6 is 0 Å². The molecule has 0 aliphatic heterocycles. The fourth-order valence-corrected chi connectivity index (χ4v) is 3.63. The van der Waals surface area contributed by atoms with E-state index in [1.807, 2.05) is 46.4 Å². The molecule has 3 aromatic carbocycles. The van der Waals surface area contributed by atoms with Crippen molar-refractivity contribution in [3.63, 3.8) is 0 Å². The molecule has 0 bridgehead atoms. The van der Waals surface area contributed by atoms with E-state index in [1.165, 1.54) is 11.4 Å². The standard InChI is InChI=1S/C31H31N2O.ClHO4/c1-32(2)28-16-10-24(11-17-28)14-20-30-22-27(26-8-6-5-7-9-26)23-31(34-30)21-15-25-12-18-29(19-13-25)33(3)4;2-1(3,4)5/h5-23H,1-4H3;(H,2,3,4,5)/q+1;/p-1/b20-14+,21-15+;. The highest BCUT2D eigenvalue weighted by atomic mass is 35.7. The molecule has 4 rings (SSSR count). The second-order valence-corrected chi connectivity index (χ2v) is 9.79. The highest BCUT2D eigenvalue weighted by Crippen LogP contribution is 2.25. The average molecular weight is 547 g/mol. The summed E-state index contributed by atoms with van der Waals surface area (Å²) in [5.74, 6) is 1.61. The predicted octanol–water partition coefficient (Wildman–Crippen LogP) is 2.94. The lowest BCUT2D eigenvalue weighted by Crippen LogP contribution is -2.68. The first-order valence-electron chi connectivity index (χ1n) is 12.0. The molecule has 1 heterocycles. The molecule has 0 radical (unpaired) electrons. The molecule has 0 spiro atoms. The maximum absolute atomic E-state index is 8.49. The molecule has 0 aliphatic rings. The first-order chi connectivity index (χ1) is 18.5. The van der Waals surface area contributed by atoms with E-state index in [-0.39, 0.29) is 0 Å². The third-order valence-electron chi connectivity index (χ3n) is 5.64. The van der Waals surface area contributed by atoms with Gasteiger partial charge in [0.15, 0.2) is 0 Å². The fourth-order valence-electron chi connectivity index (χ4n) is 3.63. The zero-order chi connectivity index (χ0) is 28.4. The van der Waals surface area contributed by atoms with Crippen molar-refractivity contribution in [1.82, 2.24) is 0 Å². The molecule has 0 atom stereocenters. The molecular weight excluding hydrogens is 516 g/mol.